The Hall–Kier alpha value is -1.72. The molecule has 136 valence electrons. The first-order valence-corrected chi connectivity index (χ1v) is 9.87. The van der Waals surface area contributed by atoms with Gasteiger partial charge in [0.2, 0.25) is 0 Å². The normalized spacial score (nSPS) is 17.9. The summed E-state index contributed by atoms with van der Waals surface area (Å²) in [5.41, 5.74) is 2.87. The van der Waals surface area contributed by atoms with Crippen LogP contribution in [0.5, 0.6) is 0 Å². The molecule has 1 aliphatic rings. The van der Waals surface area contributed by atoms with E-state index in [9.17, 15) is 9.00 Å². The Balaban J connectivity index is 2.23. The van der Waals surface area contributed by atoms with E-state index >= 15 is 0 Å². The third-order valence-electron chi connectivity index (χ3n) is 4.74. The first-order valence-electron chi connectivity index (χ1n) is 8.76. The molecule has 0 bridgehead atoms. The van der Waals surface area contributed by atoms with Crippen molar-refractivity contribution >= 4 is 16.9 Å². The molecule has 0 radical (unpaired) electrons. The standard InChI is InChI=1S/C20H28N2O2S/c1-6-8-9-16(7-2)15(3)22(5)25(24)18-10-11-19-17(14-18)12-13-21(4)20(19)23/h7-11,14-15H,6,12-13H2,1-5H3/b9-8-,16-7+. The quantitative estimate of drug-likeness (QED) is 0.728. The SMILES string of the molecule is C/C=C(\C=C/CC)C(C)N(C)S(=O)c1ccc2c(c1)CCN(C)C2=O. The summed E-state index contributed by atoms with van der Waals surface area (Å²) in [5.74, 6) is 0.0428. The molecular formula is C20H28N2O2S. The predicted octanol–water partition coefficient (Wildman–Crippen LogP) is 3.57. The largest absolute Gasteiger partial charge is 0.341 e. The lowest BCUT2D eigenvalue weighted by atomic mass is 10.00. The molecule has 0 fully saturated rings. The Morgan fingerprint density at radius 1 is 1.44 bits per heavy atom. The molecule has 1 aromatic carbocycles. The fourth-order valence-corrected chi connectivity index (χ4v) is 4.11. The summed E-state index contributed by atoms with van der Waals surface area (Å²) in [6, 6.07) is 5.59. The number of carbonyl (C=O) groups is 1. The molecule has 0 aliphatic carbocycles. The maximum Gasteiger partial charge on any atom is 0.253 e. The lowest BCUT2D eigenvalue weighted by Crippen LogP contribution is -2.35. The summed E-state index contributed by atoms with van der Waals surface area (Å²) >= 11 is 0. The van der Waals surface area contributed by atoms with E-state index in [4.69, 9.17) is 0 Å². The number of hydrogen-bond acceptors (Lipinski definition) is 2. The lowest BCUT2D eigenvalue weighted by Gasteiger charge is -2.27. The Morgan fingerprint density at radius 2 is 2.16 bits per heavy atom. The van der Waals surface area contributed by atoms with E-state index in [1.807, 2.05) is 43.5 Å². The van der Waals surface area contributed by atoms with E-state index in [1.54, 1.807) is 4.90 Å². The van der Waals surface area contributed by atoms with E-state index in [2.05, 4.69) is 32.1 Å². The Kier molecular flexibility index (Phi) is 6.73. The average molecular weight is 361 g/mol. The minimum atomic E-state index is -1.27. The Morgan fingerprint density at radius 3 is 2.80 bits per heavy atom. The molecule has 0 saturated carbocycles. The molecule has 1 aliphatic heterocycles. The van der Waals surface area contributed by atoms with Crippen molar-refractivity contribution in [2.75, 3.05) is 20.6 Å². The van der Waals surface area contributed by atoms with Gasteiger partial charge in [0.05, 0.1) is 4.90 Å². The molecule has 1 amide bonds. The lowest BCUT2D eigenvalue weighted by molar-refractivity contribution is 0.0780. The summed E-state index contributed by atoms with van der Waals surface area (Å²) in [6.45, 7) is 6.87. The molecule has 2 unspecified atom stereocenters. The van der Waals surface area contributed by atoms with Crippen LogP contribution in [0.3, 0.4) is 0 Å². The molecule has 2 atom stereocenters. The van der Waals surface area contributed by atoms with E-state index in [0.29, 0.717) is 6.54 Å². The minimum absolute atomic E-state index is 0.0393. The number of rotatable bonds is 6. The van der Waals surface area contributed by atoms with Gasteiger partial charge in [-0.1, -0.05) is 25.2 Å². The molecule has 0 saturated heterocycles. The van der Waals surface area contributed by atoms with Gasteiger partial charge in [-0.05, 0) is 56.0 Å². The van der Waals surface area contributed by atoms with E-state index in [-0.39, 0.29) is 11.9 Å². The summed E-state index contributed by atoms with van der Waals surface area (Å²) in [6.07, 6.45) is 8.06. The average Bonchev–Trinajstić information content (AvgIpc) is 2.63. The highest BCUT2D eigenvalue weighted by Gasteiger charge is 2.24. The number of benzene rings is 1. The molecule has 0 aromatic heterocycles. The van der Waals surface area contributed by atoms with Crippen LogP contribution in [0.4, 0.5) is 0 Å². The van der Waals surface area contributed by atoms with Crippen LogP contribution in [0.15, 0.2) is 46.9 Å². The smallest absolute Gasteiger partial charge is 0.253 e. The van der Waals surface area contributed by atoms with Gasteiger partial charge in [-0.2, -0.15) is 0 Å². The highest BCUT2D eigenvalue weighted by atomic mass is 32.2. The van der Waals surface area contributed by atoms with Crippen molar-refractivity contribution in [1.29, 1.82) is 0 Å². The van der Waals surface area contributed by atoms with Gasteiger partial charge in [-0.25, -0.2) is 8.51 Å². The van der Waals surface area contributed by atoms with Crippen LogP contribution in [0.2, 0.25) is 0 Å². The minimum Gasteiger partial charge on any atom is -0.341 e. The second-order valence-corrected chi connectivity index (χ2v) is 7.91. The van der Waals surface area contributed by atoms with Crippen molar-refractivity contribution in [1.82, 2.24) is 9.21 Å². The van der Waals surface area contributed by atoms with E-state index in [0.717, 1.165) is 34.4 Å². The van der Waals surface area contributed by atoms with Gasteiger partial charge in [-0.3, -0.25) is 4.79 Å². The number of allylic oxidation sites excluding steroid dienone is 2. The monoisotopic (exact) mass is 360 g/mol. The third-order valence-corrected chi connectivity index (χ3v) is 6.24. The Labute approximate surface area is 153 Å². The molecule has 5 heteroatoms. The van der Waals surface area contributed by atoms with Crippen molar-refractivity contribution < 1.29 is 9.00 Å². The second kappa shape index (κ2) is 8.59. The van der Waals surface area contributed by atoms with Crippen LogP contribution in [0, 0.1) is 0 Å². The van der Waals surface area contributed by atoms with Crippen molar-refractivity contribution in [3.05, 3.63) is 53.1 Å². The summed E-state index contributed by atoms with van der Waals surface area (Å²) in [4.78, 5) is 14.7. The fraction of sp³-hybridized carbons (Fsp3) is 0.450. The van der Waals surface area contributed by atoms with Gasteiger partial charge in [0.1, 0.15) is 11.0 Å². The first kappa shape index (κ1) is 19.6. The number of amides is 1. The predicted molar refractivity (Wildman–Crippen MR) is 104 cm³/mol. The first-order chi connectivity index (χ1) is 11.9. The van der Waals surface area contributed by atoms with Crippen molar-refractivity contribution in [2.24, 2.45) is 0 Å². The molecule has 1 aromatic rings. The fourth-order valence-electron chi connectivity index (χ4n) is 2.94. The number of carbonyl (C=O) groups excluding carboxylic acids is 1. The van der Waals surface area contributed by atoms with Crippen molar-refractivity contribution in [2.45, 2.75) is 44.6 Å². The molecule has 4 nitrogen and oxygen atoms in total. The van der Waals surface area contributed by atoms with Crippen LogP contribution in [0.25, 0.3) is 0 Å². The number of hydrogen-bond donors (Lipinski definition) is 0. The third kappa shape index (κ3) is 4.28. The highest BCUT2D eigenvalue weighted by molar-refractivity contribution is 7.82. The van der Waals surface area contributed by atoms with Gasteiger partial charge >= 0.3 is 0 Å². The van der Waals surface area contributed by atoms with Crippen LogP contribution in [-0.2, 0) is 17.4 Å². The van der Waals surface area contributed by atoms with E-state index in [1.165, 1.54) is 0 Å². The molecular weight excluding hydrogens is 332 g/mol. The second-order valence-electron chi connectivity index (χ2n) is 6.37. The van der Waals surface area contributed by atoms with Crippen molar-refractivity contribution in [3.8, 4) is 0 Å². The molecule has 0 N–H and O–H groups in total. The van der Waals surface area contributed by atoms with E-state index < -0.39 is 11.0 Å². The summed E-state index contributed by atoms with van der Waals surface area (Å²) < 4.78 is 14.9. The molecule has 1 heterocycles. The zero-order valence-corrected chi connectivity index (χ0v) is 16.6. The number of likely N-dealkylation sites (N-methyl/N-ethyl adjacent to an activating group) is 2. The zero-order chi connectivity index (χ0) is 18.6. The number of nitrogens with zero attached hydrogens (tertiary/aromatic N) is 2. The zero-order valence-electron chi connectivity index (χ0n) is 15.8. The van der Waals surface area contributed by atoms with Crippen LogP contribution in [0.1, 0.15) is 43.1 Å². The van der Waals surface area contributed by atoms with Crippen LogP contribution < -0.4 is 0 Å². The van der Waals surface area contributed by atoms with Crippen LogP contribution >= 0.6 is 0 Å². The molecule has 2 rings (SSSR count). The molecule has 25 heavy (non-hydrogen) atoms. The van der Waals surface area contributed by atoms with Gasteiger partial charge in [0.15, 0.2) is 0 Å². The summed E-state index contributed by atoms with van der Waals surface area (Å²) in [5, 5.41) is 0. The summed E-state index contributed by atoms with van der Waals surface area (Å²) in [7, 11) is 2.42. The topological polar surface area (TPSA) is 40.6 Å². The molecule has 0 spiro atoms. The van der Waals surface area contributed by atoms with Crippen molar-refractivity contribution in [3.63, 3.8) is 0 Å². The van der Waals surface area contributed by atoms with Gasteiger partial charge < -0.3 is 4.90 Å². The Bertz CT molecular complexity index is 724. The number of fused-ring (bicyclic) bond motifs is 1. The maximum atomic E-state index is 13.0. The van der Waals surface area contributed by atoms with Crippen LogP contribution in [-0.4, -0.2) is 46.0 Å². The van der Waals surface area contributed by atoms with Gasteiger partial charge in [-0.15, -0.1) is 0 Å². The maximum absolute atomic E-state index is 13.0. The highest BCUT2D eigenvalue weighted by Crippen LogP contribution is 2.23. The van der Waals surface area contributed by atoms with Gasteiger partial charge in [0.25, 0.3) is 5.91 Å². The van der Waals surface area contributed by atoms with Gasteiger partial charge in [0, 0.05) is 32.2 Å².